The Hall–Kier alpha value is -8.20. The van der Waals surface area contributed by atoms with Gasteiger partial charge in [0.05, 0.1) is 16.7 Å². The summed E-state index contributed by atoms with van der Waals surface area (Å²) in [4.78, 5) is 2.46. The molecule has 71 heavy (non-hydrogen) atoms. The summed E-state index contributed by atoms with van der Waals surface area (Å²) in [5, 5.41) is 2.69. The minimum atomic E-state index is -0.130. The summed E-state index contributed by atoms with van der Waals surface area (Å²) < 4.78 is 2.44. The van der Waals surface area contributed by atoms with Gasteiger partial charge in [-0.25, -0.2) is 0 Å². The molecule has 0 saturated carbocycles. The number of hydrogen-bond acceptors (Lipinski definition) is 1. The first-order chi connectivity index (χ1) is 34.9. The second-order valence-electron chi connectivity index (χ2n) is 19.9. The Morgan fingerprint density at radius 2 is 0.845 bits per heavy atom. The van der Waals surface area contributed by atoms with Crippen LogP contribution in [-0.2, 0) is 18.3 Å². The van der Waals surface area contributed by atoms with Gasteiger partial charge in [-0.3, -0.25) is 0 Å². The molecule has 1 heterocycles. The second-order valence-corrected chi connectivity index (χ2v) is 19.9. The van der Waals surface area contributed by atoms with Crippen molar-refractivity contribution in [1.82, 2.24) is 4.57 Å². The predicted molar refractivity (Wildman–Crippen MR) is 303 cm³/mol. The van der Waals surface area contributed by atoms with Crippen molar-refractivity contribution >= 4 is 38.9 Å². The summed E-state index contributed by atoms with van der Waals surface area (Å²) in [5.74, 6) is 0. The summed E-state index contributed by atoms with van der Waals surface area (Å²) in [6.45, 7) is 9.25. The van der Waals surface area contributed by atoms with Crippen LogP contribution in [0.2, 0.25) is 0 Å². The summed E-state index contributed by atoms with van der Waals surface area (Å²) in [7, 11) is 0. The van der Waals surface area contributed by atoms with E-state index in [1.807, 2.05) is 0 Å². The number of nitrogens with zero attached hydrogens (tertiary/aromatic N) is 2. The number of aromatic nitrogens is 1. The van der Waals surface area contributed by atoms with Gasteiger partial charge in [-0.15, -0.1) is 0 Å². The normalized spacial score (nSPS) is 12.6. The first-order valence-corrected chi connectivity index (χ1v) is 25.5. The fourth-order valence-corrected chi connectivity index (χ4v) is 11.4. The van der Waals surface area contributed by atoms with E-state index < -0.39 is 0 Å². The van der Waals surface area contributed by atoms with E-state index in [2.05, 4.69) is 268 Å². The molecule has 2 heteroatoms. The fourth-order valence-electron chi connectivity index (χ4n) is 11.4. The van der Waals surface area contributed by atoms with Crippen LogP contribution in [0.15, 0.2) is 231 Å². The third-order valence-corrected chi connectivity index (χ3v) is 15.0. The van der Waals surface area contributed by atoms with Crippen LogP contribution in [-0.4, -0.2) is 4.57 Å². The van der Waals surface area contributed by atoms with Gasteiger partial charge in [-0.2, -0.15) is 0 Å². The number of benzene rings is 10. The molecule has 0 spiro atoms. The molecule has 0 fully saturated rings. The highest BCUT2D eigenvalue weighted by Crippen LogP contribution is 2.51. The van der Waals surface area contributed by atoms with Crippen LogP contribution in [0.5, 0.6) is 0 Å². The Morgan fingerprint density at radius 1 is 0.366 bits per heavy atom. The van der Waals surface area contributed by atoms with Crippen LogP contribution in [0, 0.1) is 0 Å². The molecule has 1 aliphatic carbocycles. The fraction of sp³-hybridized carbons (Fsp3) is 0.130. The van der Waals surface area contributed by atoms with E-state index in [1.54, 1.807) is 0 Å². The quantitative estimate of drug-likeness (QED) is 0.119. The minimum Gasteiger partial charge on any atom is -0.310 e. The highest BCUT2D eigenvalue weighted by Gasteiger charge is 2.36. The molecular weight excluding hydrogens is 857 g/mol. The maximum atomic E-state index is 2.46. The van der Waals surface area contributed by atoms with Crippen LogP contribution in [0.1, 0.15) is 62.8 Å². The molecule has 0 N–H and O–H groups in total. The number of aryl methyl sites for hydroxylation is 2. The third kappa shape index (κ3) is 7.94. The van der Waals surface area contributed by atoms with Gasteiger partial charge in [0.2, 0.25) is 0 Å². The van der Waals surface area contributed by atoms with Crippen LogP contribution in [0.4, 0.5) is 17.1 Å². The van der Waals surface area contributed by atoms with E-state index in [9.17, 15) is 0 Å². The van der Waals surface area contributed by atoms with Gasteiger partial charge >= 0.3 is 0 Å². The van der Waals surface area contributed by atoms with Crippen molar-refractivity contribution in [3.8, 4) is 61.3 Å². The van der Waals surface area contributed by atoms with E-state index in [0.29, 0.717) is 0 Å². The first kappa shape index (κ1) is 44.0. The van der Waals surface area contributed by atoms with Gasteiger partial charge in [0.15, 0.2) is 0 Å². The van der Waals surface area contributed by atoms with Crippen molar-refractivity contribution in [3.63, 3.8) is 0 Å². The average Bonchev–Trinajstić information content (AvgIpc) is 3.86. The van der Waals surface area contributed by atoms with Crippen molar-refractivity contribution in [2.24, 2.45) is 0 Å². The first-order valence-electron chi connectivity index (χ1n) is 25.5. The van der Waals surface area contributed by atoms with Crippen molar-refractivity contribution in [2.75, 3.05) is 4.90 Å². The molecular formula is C69H58N2. The van der Waals surface area contributed by atoms with E-state index >= 15 is 0 Å². The molecule has 0 unspecified atom stereocenters. The van der Waals surface area contributed by atoms with E-state index in [4.69, 9.17) is 0 Å². The summed E-state index contributed by atoms with van der Waals surface area (Å²) in [6.07, 6.45) is 4.48. The molecule has 0 atom stereocenters. The molecule has 2 nitrogen and oxygen atoms in total. The average molecular weight is 915 g/mol. The van der Waals surface area contributed by atoms with Gasteiger partial charge < -0.3 is 9.47 Å². The van der Waals surface area contributed by atoms with Gasteiger partial charge in [0, 0.05) is 38.8 Å². The van der Waals surface area contributed by atoms with Gasteiger partial charge in [0.25, 0.3) is 0 Å². The van der Waals surface area contributed by atoms with Crippen molar-refractivity contribution in [2.45, 2.75) is 58.8 Å². The predicted octanol–water partition coefficient (Wildman–Crippen LogP) is 19.1. The lowest BCUT2D eigenvalue weighted by Crippen LogP contribution is -2.17. The smallest absolute Gasteiger partial charge is 0.0541 e. The van der Waals surface area contributed by atoms with E-state index in [1.165, 1.54) is 105 Å². The highest BCUT2D eigenvalue weighted by molar-refractivity contribution is 6.10. The lowest BCUT2D eigenvalue weighted by atomic mass is 9.82. The molecule has 1 aliphatic rings. The SMILES string of the molecule is CCCc1ccc2c(c1)c1cc(CCC)ccc1n2-c1ccc(-c2ccc(-c3ccc(N(c4ccc5c(c4)C(C)(C)c4ccccc4-5)c4ccc(-c5ccccc5)cc4-c4ccccc4)cc3)cc2)cc1. The van der Waals surface area contributed by atoms with Crippen molar-refractivity contribution in [1.29, 1.82) is 0 Å². The lowest BCUT2D eigenvalue weighted by Gasteiger charge is -2.30. The summed E-state index contributed by atoms with van der Waals surface area (Å²) in [6, 6.07) is 85.9. The number of fused-ring (bicyclic) bond motifs is 6. The Bertz CT molecular complexity index is 3650. The maximum Gasteiger partial charge on any atom is 0.0541 e. The molecule has 0 saturated heterocycles. The number of anilines is 3. The van der Waals surface area contributed by atoms with E-state index in [-0.39, 0.29) is 5.41 Å². The van der Waals surface area contributed by atoms with Crippen LogP contribution >= 0.6 is 0 Å². The van der Waals surface area contributed by atoms with Crippen LogP contribution in [0.25, 0.3) is 83.1 Å². The largest absolute Gasteiger partial charge is 0.310 e. The van der Waals surface area contributed by atoms with Gasteiger partial charge in [0.1, 0.15) is 0 Å². The lowest BCUT2D eigenvalue weighted by molar-refractivity contribution is 0.660. The van der Waals surface area contributed by atoms with E-state index in [0.717, 1.165) is 42.7 Å². The molecule has 1 aromatic heterocycles. The molecule has 0 aliphatic heterocycles. The molecule has 12 rings (SSSR count). The minimum absolute atomic E-state index is 0.130. The zero-order chi connectivity index (χ0) is 48.1. The third-order valence-electron chi connectivity index (χ3n) is 15.0. The maximum absolute atomic E-state index is 2.46. The molecule has 344 valence electrons. The Kier molecular flexibility index (Phi) is 11.3. The highest BCUT2D eigenvalue weighted by atomic mass is 15.1. The van der Waals surface area contributed by atoms with Crippen molar-refractivity contribution < 1.29 is 0 Å². The molecule has 10 aromatic carbocycles. The summed E-state index contributed by atoms with van der Waals surface area (Å²) in [5.41, 5.74) is 24.7. The molecule has 0 radical (unpaired) electrons. The number of rotatable bonds is 12. The zero-order valence-electron chi connectivity index (χ0n) is 41.2. The number of hydrogen-bond donors (Lipinski definition) is 0. The standard InChI is InChI=1S/C69H58N2/c1-5-15-47-23-40-67-62(43-47)63-44-48(16-6-2)24-41-68(63)71(67)57-36-31-53(32-37-57)51-27-25-50(26-28-51)52-29-34-56(35-30-52)70(58-38-39-60-59-21-13-14-22-64(59)69(3,4)65(60)46-58)66-42-33-55(49-17-9-7-10-18-49)45-61(66)54-19-11-8-12-20-54/h7-14,17-46H,5-6,15-16H2,1-4H3. The topological polar surface area (TPSA) is 8.17 Å². The zero-order valence-corrected chi connectivity index (χ0v) is 41.2. The molecule has 11 aromatic rings. The second kappa shape index (κ2) is 18.3. The van der Waals surface area contributed by atoms with Gasteiger partial charge in [-0.1, -0.05) is 198 Å². The van der Waals surface area contributed by atoms with Crippen LogP contribution < -0.4 is 4.90 Å². The van der Waals surface area contributed by atoms with Crippen LogP contribution in [0.3, 0.4) is 0 Å². The Morgan fingerprint density at radius 3 is 1.44 bits per heavy atom. The van der Waals surface area contributed by atoms with Crippen molar-refractivity contribution in [3.05, 3.63) is 253 Å². The Labute approximate surface area is 419 Å². The summed E-state index contributed by atoms with van der Waals surface area (Å²) >= 11 is 0. The Balaban J connectivity index is 0.887. The molecule has 0 amide bonds. The monoisotopic (exact) mass is 914 g/mol. The van der Waals surface area contributed by atoms with Gasteiger partial charge in [-0.05, 0) is 158 Å². The molecule has 0 bridgehead atoms.